The van der Waals surface area contributed by atoms with Crippen LogP contribution in [0.4, 0.5) is 8.78 Å². The van der Waals surface area contributed by atoms with Crippen molar-refractivity contribution >= 4 is 25.1 Å². The number of benzene rings is 2. The Kier molecular flexibility index (Phi) is 3.49. The average molecular weight is 285 g/mol. The van der Waals surface area contributed by atoms with Crippen LogP contribution in [-0.2, 0) is 5.66 Å². The molecule has 0 atom stereocenters. The van der Waals surface area contributed by atoms with E-state index in [1.54, 1.807) is 6.07 Å². The van der Waals surface area contributed by atoms with E-state index >= 15 is 0 Å². The predicted octanol–water partition coefficient (Wildman–Crippen LogP) is 2.28. The van der Waals surface area contributed by atoms with Gasteiger partial charge in [-0.15, -0.1) is 0 Å². The van der Waals surface area contributed by atoms with Gasteiger partial charge in [0.25, 0.3) is 0 Å². The van der Waals surface area contributed by atoms with Crippen molar-refractivity contribution in [3.63, 3.8) is 0 Å². The summed E-state index contributed by atoms with van der Waals surface area (Å²) in [5.74, 6) is -0.661. The van der Waals surface area contributed by atoms with Crippen LogP contribution in [0.2, 0.25) is 0 Å². The van der Waals surface area contributed by atoms with E-state index in [-0.39, 0.29) is 5.56 Å². The zero-order valence-electron chi connectivity index (χ0n) is 9.55. The molecule has 19 heavy (non-hydrogen) atoms. The highest BCUT2D eigenvalue weighted by molar-refractivity contribution is 7.46. The highest BCUT2D eigenvalue weighted by Crippen LogP contribution is 2.52. The third-order valence-corrected chi connectivity index (χ3v) is 3.48. The zero-order chi connectivity index (χ0) is 14.2. The predicted molar refractivity (Wildman–Crippen MR) is 67.7 cm³/mol. The van der Waals surface area contributed by atoms with Crippen molar-refractivity contribution in [1.29, 1.82) is 0 Å². The topological polar surface area (TPSA) is 83.6 Å². The van der Waals surface area contributed by atoms with Gasteiger partial charge < -0.3 is 15.5 Å². The molecule has 0 aliphatic rings. The highest BCUT2D eigenvalue weighted by atomic mass is 31.2. The van der Waals surface area contributed by atoms with Crippen molar-refractivity contribution in [3.8, 4) is 0 Å². The van der Waals surface area contributed by atoms with Crippen molar-refractivity contribution in [3.05, 3.63) is 47.5 Å². The summed E-state index contributed by atoms with van der Waals surface area (Å²) in [7, 11) is -3.42. The first-order valence-electron chi connectivity index (χ1n) is 5.22. The molecular weight excluding hydrogens is 275 g/mol. The van der Waals surface area contributed by atoms with E-state index in [9.17, 15) is 13.6 Å². The molecule has 0 saturated heterocycles. The number of carbonyl (C=O) groups excluding carboxylic acids is 1. The lowest BCUT2D eigenvalue weighted by Crippen LogP contribution is -2.11. The van der Waals surface area contributed by atoms with E-state index in [0.717, 1.165) is 12.1 Å². The second kappa shape index (κ2) is 4.81. The lowest BCUT2D eigenvalue weighted by molar-refractivity contribution is 0.0734. The maximum atomic E-state index is 13.5. The van der Waals surface area contributed by atoms with Gasteiger partial charge in [0, 0.05) is 11.1 Å². The quantitative estimate of drug-likeness (QED) is 0.756. The van der Waals surface area contributed by atoms with Crippen LogP contribution in [0.1, 0.15) is 15.9 Å². The van der Waals surface area contributed by atoms with E-state index in [1.807, 2.05) is 0 Å². The molecule has 4 N–H and O–H groups in total. The van der Waals surface area contributed by atoms with Crippen LogP contribution in [0.3, 0.4) is 0 Å². The zero-order valence-corrected chi connectivity index (χ0v) is 10.4. The second-order valence-corrected chi connectivity index (χ2v) is 5.11. The first-order chi connectivity index (χ1) is 8.82. The molecule has 0 spiro atoms. The number of nitrogens with two attached hydrogens (primary N) is 1. The Morgan fingerprint density at radius 2 is 1.74 bits per heavy atom. The molecule has 0 heterocycles. The minimum Gasteiger partial charge on any atom is -0.366 e. The Morgan fingerprint density at radius 3 is 2.32 bits per heavy atom. The van der Waals surface area contributed by atoms with E-state index in [2.05, 4.69) is 0 Å². The van der Waals surface area contributed by atoms with Crippen LogP contribution >= 0.6 is 8.38 Å². The van der Waals surface area contributed by atoms with Crippen LogP contribution in [0, 0.1) is 0 Å². The van der Waals surface area contributed by atoms with Crippen molar-refractivity contribution in [2.75, 3.05) is 0 Å². The summed E-state index contributed by atoms with van der Waals surface area (Å²) < 4.78 is 27.0. The molecule has 2 aromatic carbocycles. The molecule has 0 aromatic heterocycles. The smallest absolute Gasteiger partial charge is 0.339 e. The summed E-state index contributed by atoms with van der Waals surface area (Å²) >= 11 is 0. The summed E-state index contributed by atoms with van der Waals surface area (Å²) in [5.41, 5.74) is 1.08. The van der Waals surface area contributed by atoms with Gasteiger partial charge in [-0.2, -0.15) is 8.78 Å². The molecule has 100 valence electrons. The number of halogens is 2. The average Bonchev–Trinajstić information content (AvgIpc) is 2.37. The van der Waals surface area contributed by atoms with Crippen molar-refractivity contribution < 1.29 is 23.4 Å². The molecule has 0 aliphatic heterocycles. The summed E-state index contributed by atoms with van der Waals surface area (Å²) in [6.07, 6.45) is 0. The van der Waals surface area contributed by atoms with E-state index in [4.69, 9.17) is 15.5 Å². The summed E-state index contributed by atoms with van der Waals surface area (Å²) in [6, 6.07) is 8.11. The molecule has 7 heteroatoms. The maximum Gasteiger partial charge on any atom is 0.339 e. The van der Waals surface area contributed by atoms with Gasteiger partial charge in [-0.25, -0.2) is 0 Å². The Bertz CT molecular complexity index is 646. The first-order valence-corrected chi connectivity index (χ1v) is 6.47. The molecule has 0 fully saturated rings. The molecular formula is C12H10F2NO3P. The van der Waals surface area contributed by atoms with E-state index < -0.39 is 25.5 Å². The third-order valence-electron chi connectivity index (χ3n) is 2.72. The summed E-state index contributed by atoms with van der Waals surface area (Å²) in [6.45, 7) is 0. The van der Waals surface area contributed by atoms with Gasteiger partial charge in [-0.05, 0) is 29.0 Å². The van der Waals surface area contributed by atoms with Gasteiger partial charge in [-0.1, -0.05) is 18.2 Å². The van der Waals surface area contributed by atoms with E-state index in [1.165, 1.54) is 18.2 Å². The normalized spacial score (nSPS) is 12.1. The van der Waals surface area contributed by atoms with Gasteiger partial charge in [0.15, 0.2) is 0 Å². The molecule has 0 unspecified atom stereocenters. The molecule has 4 nitrogen and oxygen atoms in total. The highest BCUT2D eigenvalue weighted by Gasteiger charge is 2.40. The largest absolute Gasteiger partial charge is 0.366 e. The molecule has 0 radical (unpaired) electrons. The Balaban J connectivity index is 2.58. The fraction of sp³-hybridized carbons (Fsp3) is 0.0833. The Labute approximate surface area is 108 Å². The molecule has 0 aliphatic carbocycles. The lowest BCUT2D eigenvalue weighted by Gasteiger charge is -2.17. The van der Waals surface area contributed by atoms with Crippen LogP contribution in [0.15, 0.2) is 36.4 Å². The molecule has 0 bridgehead atoms. The SMILES string of the molecule is NC(=O)c1ccc2ccc(C(F)(F)P(O)O)cc2c1. The maximum absolute atomic E-state index is 13.5. The number of amides is 1. The van der Waals surface area contributed by atoms with Gasteiger partial charge in [-0.3, -0.25) is 4.79 Å². The van der Waals surface area contributed by atoms with Crippen LogP contribution in [0.5, 0.6) is 0 Å². The number of rotatable bonds is 3. The summed E-state index contributed by atoms with van der Waals surface area (Å²) in [4.78, 5) is 28.5. The van der Waals surface area contributed by atoms with Crippen LogP contribution < -0.4 is 5.73 Å². The minimum atomic E-state index is -3.72. The fourth-order valence-corrected chi connectivity index (χ4v) is 2.07. The third kappa shape index (κ3) is 2.56. The minimum absolute atomic E-state index is 0.197. The van der Waals surface area contributed by atoms with Gasteiger partial charge >= 0.3 is 5.66 Å². The standard InChI is InChI=1S/C12H10F2NO3P/c13-12(14,19(17)18)10-4-3-7-1-2-8(11(15)16)5-9(7)6-10/h1-6,17-18H,(H2,15,16). The molecule has 0 saturated carbocycles. The number of hydrogen-bond donors (Lipinski definition) is 3. The van der Waals surface area contributed by atoms with Gasteiger partial charge in [0.1, 0.15) is 0 Å². The molecule has 2 aromatic rings. The van der Waals surface area contributed by atoms with Crippen molar-refractivity contribution in [1.82, 2.24) is 0 Å². The van der Waals surface area contributed by atoms with Crippen molar-refractivity contribution in [2.45, 2.75) is 5.66 Å². The first kappa shape index (κ1) is 13.8. The number of carbonyl (C=O) groups is 1. The van der Waals surface area contributed by atoms with Crippen molar-refractivity contribution in [2.24, 2.45) is 5.73 Å². The van der Waals surface area contributed by atoms with Crippen LogP contribution in [-0.4, -0.2) is 15.7 Å². The Morgan fingerprint density at radius 1 is 1.11 bits per heavy atom. The second-order valence-electron chi connectivity index (χ2n) is 3.97. The molecule has 1 amide bonds. The molecule has 2 rings (SSSR count). The Hall–Kier alpha value is -1.62. The monoisotopic (exact) mass is 285 g/mol. The fourth-order valence-electron chi connectivity index (χ4n) is 1.70. The lowest BCUT2D eigenvalue weighted by atomic mass is 10.0. The number of hydrogen-bond acceptors (Lipinski definition) is 3. The van der Waals surface area contributed by atoms with E-state index in [0.29, 0.717) is 10.8 Å². The number of fused-ring (bicyclic) bond motifs is 1. The summed E-state index contributed by atoms with van der Waals surface area (Å²) in [5, 5.41) is 1.02. The van der Waals surface area contributed by atoms with Gasteiger partial charge in [0.2, 0.25) is 14.3 Å². The van der Waals surface area contributed by atoms with Crippen LogP contribution in [0.25, 0.3) is 10.8 Å². The number of primary amides is 1. The van der Waals surface area contributed by atoms with Gasteiger partial charge in [0.05, 0.1) is 0 Å². The number of alkyl halides is 2.